The minimum absolute atomic E-state index is 0.458. The lowest BCUT2D eigenvalue weighted by molar-refractivity contribution is 0.0572. The Kier molecular flexibility index (Phi) is 2.88. The first kappa shape index (κ1) is 10.4. The zero-order valence-corrected chi connectivity index (χ0v) is 8.80. The number of pyridine rings is 1. The molecule has 4 heteroatoms. The highest BCUT2D eigenvalue weighted by atomic mass is 16.3. The third kappa shape index (κ3) is 2.11. The van der Waals surface area contributed by atoms with Crippen LogP contribution in [-0.4, -0.2) is 40.5 Å². The predicted molar refractivity (Wildman–Crippen MR) is 57.8 cm³/mol. The maximum atomic E-state index is 9.41. The fourth-order valence-corrected chi connectivity index (χ4v) is 1.77. The fraction of sp³-hybridized carbons (Fsp3) is 0.545. The van der Waals surface area contributed by atoms with E-state index in [2.05, 4.69) is 11.9 Å². The lowest BCUT2D eigenvalue weighted by Gasteiger charge is -2.16. The van der Waals surface area contributed by atoms with Gasteiger partial charge in [0.2, 0.25) is 0 Å². The number of aliphatic hydroxyl groups is 2. The minimum atomic E-state index is -0.655. The molecule has 0 saturated carbocycles. The number of hydrogen-bond acceptors (Lipinski definition) is 4. The molecule has 0 amide bonds. The van der Waals surface area contributed by atoms with Crippen LogP contribution in [0.3, 0.4) is 0 Å². The van der Waals surface area contributed by atoms with Gasteiger partial charge in [0.05, 0.1) is 12.2 Å². The highest BCUT2D eigenvalue weighted by molar-refractivity contribution is 5.41. The van der Waals surface area contributed by atoms with Crippen molar-refractivity contribution in [3.05, 3.63) is 23.9 Å². The summed E-state index contributed by atoms with van der Waals surface area (Å²) in [7, 11) is 0. The van der Waals surface area contributed by atoms with Crippen molar-refractivity contribution >= 4 is 5.82 Å². The van der Waals surface area contributed by atoms with Gasteiger partial charge >= 0.3 is 0 Å². The second-order valence-electron chi connectivity index (χ2n) is 3.92. The van der Waals surface area contributed by atoms with Gasteiger partial charge in [0.1, 0.15) is 5.82 Å². The zero-order chi connectivity index (χ0) is 10.8. The monoisotopic (exact) mass is 208 g/mol. The van der Waals surface area contributed by atoms with Gasteiger partial charge in [-0.15, -0.1) is 0 Å². The molecule has 2 heterocycles. The summed E-state index contributed by atoms with van der Waals surface area (Å²) < 4.78 is 0. The molecule has 1 aromatic rings. The van der Waals surface area contributed by atoms with E-state index >= 15 is 0 Å². The van der Waals surface area contributed by atoms with E-state index in [1.807, 2.05) is 23.2 Å². The van der Waals surface area contributed by atoms with Crippen LogP contribution in [0.5, 0.6) is 0 Å². The van der Waals surface area contributed by atoms with Gasteiger partial charge in [-0.05, 0) is 18.1 Å². The number of aromatic nitrogens is 1. The van der Waals surface area contributed by atoms with E-state index in [-0.39, 0.29) is 0 Å². The normalized spacial score (nSPS) is 25.9. The molecule has 2 N–H and O–H groups in total. The van der Waals surface area contributed by atoms with Crippen LogP contribution < -0.4 is 4.90 Å². The van der Waals surface area contributed by atoms with Crippen molar-refractivity contribution in [2.24, 2.45) is 0 Å². The lowest BCUT2D eigenvalue weighted by Crippen LogP contribution is -2.22. The molecule has 1 fully saturated rings. The van der Waals surface area contributed by atoms with E-state index in [1.165, 1.54) is 5.56 Å². The van der Waals surface area contributed by atoms with Gasteiger partial charge in [0.15, 0.2) is 0 Å². The van der Waals surface area contributed by atoms with E-state index in [0.29, 0.717) is 13.1 Å². The van der Waals surface area contributed by atoms with Crippen LogP contribution in [0.15, 0.2) is 18.3 Å². The SMILES string of the molecule is CCc1ccc(N2CC(O)C(O)C2)nc1. The molecule has 0 aromatic carbocycles. The highest BCUT2D eigenvalue weighted by Gasteiger charge is 2.30. The molecule has 1 aromatic heterocycles. The zero-order valence-electron chi connectivity index (χ0n) is 8.80. The van der Waals surface area contributed by atoms with Crippen LogP contribution in [-0.2, 0) is 6.42 Å². The summed E-state index contributed by atoms with van der Waals surface area (Å²) in [4.78, 5) is 6.20. The Hall–Kier alpha value is -1.13. The summed E-state index contributed by atoms with van der Waals surface area (Å²) in [6.07, 6.45) is 1.50. The average molecular weight is 208 g/mol. The maximum absolute atomic E-state index is 9.41. The first-order chi connectivity index (χ1) is 7.20. The van der Waals surface area contributed by atoms with Crippen molar-refractivity contribution in [2.45, 2.75) is 25.6 Å². The van der Waals surface area contributed by atoms with Crippen molar-refractivity contribution in [3.63, 3.8) is 0 Å². The third-order valence-electron chi connectivity index (χ3n) is 2.80. The van der Waals surface area contributed by atoms with Crippen molar-refractivity contribution in [1.82, 2.24) is 4.98 Å². The summed E-state index contributed by atoms with van der Waals surface area (Å²) in [5.74, 6) is 0.822. The summed E-state index contributed by atoms with van der Waals surface area (Å²) in [6.45, 7) is 3.00. The quantitative estimate of drug-likeness (QED) is 0.728. The first-order valence-corrected chi connectivity index (χ1v) is 5.26. The number of aliphatic hydroxyl groups excluding tert-OH is 2. The third-order valence-corrected chi connectivity index (χ3v) is 2.80. The number of β-amino-alcohol motifs (C(OH)–C–C–N with tert-alkyl or cyclic N) is 2. The Morgan fingerprint density at radius 3 is 2.47 bits per heavy atom. The summed E-state index contributed by atoms with van der Waals surface area (Å²) in [5, 5.41) is 18.8. The number of hydrogen-bond donors (Lipinski definition) is 2. The minimum Gasteiger partial charge on any atom is -0.389 e. The fourth-order valence-electron chi connectivity index (χ4n) is 1.77. The molecule has 1 saturated heterocycles. The summed E-state index contributed by atoms with van der Waals surface area (Å²) in [5.41, 5.74) is 1.19. The Bertz CT molecular complexity index is 316. The first-order valence-electron chi connectivity index (χ1n) is 5.26. The second kappa shape index (κ2) is 4.16. The van der Waals surface area contributed by atoms with Crippen LogP contribution in [0.4, 0.5) is 5.82 Å². The van der Waals surface area contributed by atoms with Crippen molar-refractivity contribution in [3.8, 4) is 0 Å². The molecule has 0 bridgehead atoms. The molecule has 0 spiro atoms. The summed E-state index contributed by atoms with van der Waals surface area (Å²) in [6, 6.07) is 3.96. The average Bonchev–Trinajstić information content (AvgIpc) is 2.59. The molecule has 1 aliphatic heterocycles. The van der Waals surface area contributed by atoms with Crippen LogP contribution in [0.1, 0.15) is 12.5 Å². The molecule has 2 rings (SSSR count). The Balaban J connectivity index is 2.10. The molecule has 4 nitrogen and oxygen atoms in total. The Labute approximate surface area is 89.2 Å². The van der Waals surface area contributed by atoms with Crippen LogP contribution in [0, 0.1) is 0 Å². The van der Waals surface area contributed by atoms with Gasteiger partial charge in [-0.3, -0.25) is 0 Å². The second-order valence-corrected chi connectivity index (χ2v) is 3.92. The molecular formula is C11H16N2O2. The van der Waals surface area contributed by atoms with Crippen molar-refractivity contribution < 1.29 is 10.2 Å². The molecule has 2 unspecified atom stereocenters. The predicted octanol–water partition coefficient (Wildman–Crippen LogP) is 0.186. The van der Waals surface area contributed by atoms with E-state index < -0.39 is 12.2 Å². The molecule has 1 aliphatic rings. The van der Waals surface area contributed by atoms with Crippen LogP contribution >= 0.6 is 0 Å². The van der Waals surface area contributed by atoms with E-state index in [0.717, 1.165) is 12.2 Å². The van der Waals surface area contributed by atoms with Gasteiger partial charge in [-0.2, -0.15) is 0 Å². The molecule has 0 aliphatic carbocycles. The van der Waals surface area contributed by atoms with Crippen molar-refractivity contribution in [2.75, 3.05) is 18.0 Å². The number of rotatable bonds is 2. The molecule has 2 atom stereocenters. The maximum Gasteiger partial charge on any atom is 0.128 e. The van der Waals surface area contributed by atoms with Crippen LogP contribution in [0.25, 0.3) is 0 Å². The van der Waals surface area contributed by atoms with E-state index in [1.54, 1.807) is 0 Å². The van der Waals surface area contributed by atoms with Gasteiger partial charge in [0.25, 0.3) is 0 Å². The van der Waals surface area contributed by atoms with Crippen LogP contribution in [0.2, 0.25) is 0 Å². The van der Waals surface area contributed by atoms with Gasteiger partial charge in [-0.1, -0.05) is 13.0 Å². The van der Waals surface area contributed by atoms with E-state index in [9.17, 15) is 10.2 Å². The smallest absolute Gasteiger partial charge is 0.128 e. The number of anilines is 1. The number of nitrogens with zero attached hydrogens (tertiary/aromatic N) is 2. The Morgan fingerprint density at radius 1 is 1.33 bits per heavy atom. The van der Waals surface area contributed by atoms with Gasteiger partial charge in [0, 0.05) is 19.3 Å². The number of aryl methyl sites for hydroxylation is 1. The van der Waals surface area contributed by atoms with Gasteiger partial charge < -0.3 is 15.1 Å². The van der Waals surface area contributed by atoms with E-state index in [4.69, 9.17) is 0 Å². The standard InChI is InChI=1S/C11H16N2O2/c1-2-8-3-4-11(12-5-8)13-6-9(14)10(15)7-13/h3-5,9-10,14-15H,2,6-7H2,1H3. The molecular weight excluding hydrogens is 192 g/mol. The topological polar surface area (TPSA) is 56.6 Å². The molecule has 15 heavy (non-hydrogen) atoms. The summed E-state index contributed by atoms with van der Waals surface area (Å²) >= 11 is 0. The Morgan fingerprint density at radius 2 is 2.00 bits per heavy atom. The highest BCUT2D eigenvalue weighted by Crippen LogP contribution is 2.18. The molecule has 82 valence electrons. The van der Waals surface area contributed by atoms with Gasteiger partial charge in [-0.25, -0.2) is 4.98 Å². The lowest BCUT2D eigenvalue weighted by atomic mass is 10.2. The van der Waals surface area contributed by atoms with Crippen molar-refractivity contribution in [1.29, 1.82) is 0 Å². The molecule has 0 radical (unpaired) electrons. The largest absolute Gasteiger partial charge is 0.389 e.